The predicted molar refractivity (Wildman–Crippen MR) is 82.0 cm³/mol. The predicted octanol–water partition coefficient (Wildman–Crippen LogP) is 2.67. The number of amides is 1. The van der Waals surface area contributed by atoms with E-state index in [4.69, 9.17) is 9.26 Å². The monoisotopic (exact) mass is 303 g/mol. The van der Waals surface area contributed by atoms with Gasteiger partial charge in [-0.3, -0.25) is 4.79 Å². The number of ether oxygens (including phenoxy) is 1. The summed E-state index contributed by atoms with van der Waals surface area (Å²) >= 11 is 0. The van der Waals surface area contributed by atoms with Gasteiger partial charge in [0.2, 0.25) is 5.88 Å². The van der Waals surface area contributed by atoms with Gasteiger partial charge in [-0.25, -0.2) is 4.98 Å². The van der Waals surface area contributed by atoms with Crippen LogP contribution in [0.3, 0.4) is 0 Å². The molecule has 0 aliphatic rings. The summed E-state index contributed by atoms with van der Waals surface area (Å²) in [6.45, 7) is 9.35. The van der Waals surface area contributed by atoms with Crippen molar-refractivity contribution >= 4 is 5.91 Å². The van der Waals surface area contributed by atoms with Crippen LogP contribution in [0.25, 0.3) is 0 Å². The van der Waals surface area contributed by atoms with Gasteiger partial charge in [-0.05, 0) is 46.8 Å². The van der Waals surface area contributed by atoms with E-state index in [1.807, 2.05) is 34.6 Å². The number of hydrogen-bond donors (Lipinski definition) is 1. The maximum atomic E-state index is 12.6. The number of aromatic nitrogens is 2. The number of rotatable bonds is 4. The van der Waals surface area contributed by atoms with E-state index < -0.39 is 5.54 Å². The third-order valence-corrected chi connectivity index (χ3v) is 3.52. The molecule has 118 valence electrons. The highest BCUT2D eigenvalue weighted by Gasteiger charge is 2.31. The molecule has 6 nitrogen and oxygen atoms in total. The smallest absolute Gasteiger partial charge is 0.257 e. The lowest BCUT2D eigenvalue weighted by Gasteiger charge is -2.26. The van der Waals surface area contributed by atoms with Crippen molar-refractivity contribution in [3.05, 3.63) is 40.4 Å². The van der Waals surface area contributed by atoms with Gasteiger partial charge in [0.15, 0.2) is 0 Å². The van der Waals surface area contributed by atoms with Crippen LogP contribution in [0.15, 0.2) is 16.7 Å². The van der Waals surface area contributed by atoms with E-state index in [1.165, 1.54) is 7.11 Å². The van der Waals surface area contributed by atoms with Crippen LogP contribution < -0.4 is 10.1 Å². The quantitative estimate of drug-likeness (QED) is 0.939. The Bertz CT molecular complexity index is 685. The van der Waals surface area contributed by atoms with Gasteiger partial charge in [-0.2, -0.15) is 0 Å². The molecule has 0 atom stereocenters. The lowest BCUT2D eigenvalue weighted by Crippen LogP contribution is -2.41. The SMILES string of the molecule is COc1nc(C)ccc1C(=O)NC(C)(C)c1c(C)noc1C. The molecule has 22 heavy (non-hydrogen) atoms. The molecule has 2 heterocycles. The highest BCUT2D eigenvalue weighted by atomic mass is 16.5. The molecule has 2 aromatic heterocycles. The van der Waals surface area contributed by atoms with E-state index in [2.05, 4.69) is 15.5 Å². The zero-order chi connectivity index (χ0) is 16.5. The Kier molecular flexibility index (Phi) is 4.21. The van der Waals surface area contributed by atoms with Gasteiger partial charge >= 0.3 is 0 Å². The number of pyridine rings is 1. The van der Waals surface area contributed by atoms with Gasteiger partial charge in [0, 0.05) is 11.3 Å². The fraction of sp³-hybridized carbons (Fsp3) is 0.438. The molecule has 1 N–H and O–H groups in total. The second-order valence-electron chi connectivity index (χ2n) is 5.79. The third-order valence-electron chi connectivity index (χ3n) is 3.52. The summed E-state index contributed by atoms with van der Waals surface area (Å²) in [5.74, 6) is 0.748. The van der Waals surface area contributed by atoms with Crippen LogP contribution in [0, 0.1) is 20.8 Å². The first-order chi connectivity index (χ1) is 10.3. The van der Waals surface area contributed by atoms with Gasteiger partial charge in [0.05, 0.1) is 18.3 Å². The Morgan fingerprint density at radius 3 is 2.50 bits per heavy atom. The lowest BCUT2D eigenvalue weighted by atomic mass is 9.92. The summed E-state index contributed by atoms with van der Waals surface area (Å²) in [6, 6.07) is 3.49. The van der Waals surface area contributed by atoms with Crippen molar-refractivity contribution in [2.24, 2.45) is 0 Å². The zero-order valence-electron chi connectivity index (χ0n) is 13.8. The van der Waals surface area contributed by atoms with E-state index in [1.54, 1.807) is 12.1 Å². The molecule has 0 saturated carbocycles. The van der Waals surface area contributed by atoms with Crippen molar-refractivity contribution in [3.63, 3.8) is 0 Å². The second-order valence-corrected chi connectivity index (χ2v) is 5.79. The molecule has 6 heteroatoms. The molecule has 0 spiro atoms. The van der Waals surface area contributed by atoms with E-state index in [0.717, 1.165) is 17.0 Å². The first-order valence-electron chi connectivity index (χ1n) is 7.03. The van der Waals surface area contributed by atoms with Crippen molar-refractivity contribution in [1.29, 1.82) is 0 Å². The Balaban J connectivity index is 2.32. The standard InChI is InChI=1S/C16H21N3O3/c1-9-7-8-12(15(17-9)21-6)14(20)18-16(4,5)13-10(2)19-22-11(13)3/h7-8H,1-6H3,(H,18,20). The fourth-order valence-corrected chi connectivity index (χ4v) is 2.65. The van der Waals surface area contributed by atoms with Crippen molar-refractivity contribution in [2.75, 3.05) is 7.11 Å². The minimum atomic E-state index is -0.624. The van der Waals surface area contributed by atoms with Crippen LogP contribution in [0.5, 0.6) is 5.88 Å². The van der Waals surface area contributed by atoms with Gasteiger partial charge in [0.25, 0.3) is 5.91 Å². The highest BCUT2D eigenvalue weighted by molar-refractivity contribution is 5.96. The van der Waals surface area contributed by atoms with Crippen LogP contribution in [0.1, 0.15) is 46.9 Å². The number of methoxy groups -OCH3 is 1. The molecule has 0 fully saturated rings. The topological polar surface area (TPSA) is 77.2 Å². The van der Waals surface area contributed by atoms with E-state index in [9.17, 15) is 4.79 Å². The van der Waals surface area contributed by atoms with Crippen molar-refractivity contribution in [1.82, 2.24) is 15.5 Å². The molecule has 2 aromatic rings. The van der Waals surface area contributed by atoms with E-state index in [0.29, 0.717) is 17.2 Å². The van der Waals surface area contributed by atoms with Gasteiger partial charge in [-0.1, -0.05) is 5.16 Å². The Hall–Kier alpha value is -2.37. The van der Waals surface area contributed by atoms with Gasteiger partial charge in [0.1, 0.15) is 11.3 Å². The Morgan fingerprint density at radius 1 is 1.27 bits per heavy atom. The molecule has 1 amide bonds. The van der Waals surface area contributed by atoms with E-state index >= 15 is 0 Å². The summed E-state index contributed by atoms with van der Waals surface area (Å²) in [6.07, 6.45) is 0. The molecule has 0 radical (unpaired) electrons. The fourth-order valence-electron chi connectivity index (χ4n) is 2.65. The first-order valence-corrected chi connectivity index (χ1v) is 7.03. The summed E-state index contributed by atoms with van der Waals surface area (Å²) in [5.41, 5.74) is 2.20. The number of hydrogen-bond acceptors (Lipinski definition) is 5. The molecule has 0 aromatic carbocycles. The number of nitrogens with zero attached hydrogens (tertiary/aromatic N) is 2. The molecular weight excluding hydrogens is 282 g/mol. The van der Waals surface area contributed by atoms with Crippen molar-refractivity contribution in [3.8, 4) is 5.88 Å². The maximum Gasteiger partial charge on any atom is 0.257 e. The molecule has 0 unspecified atom stereocenters. The normalized spacial score (nSPS) is 11.4. The molecule has 0 bridgehead atoms. The second kappa shape index (κ2) is 5.79. The Labute approximate surface area is 129 Å². The minimum Gasteiger partial charge on any atom is -0.480 e. The summed E-state index contributed by atoms with van der Waals surface area (Å²) < 4.78 is 10.4. The number of carbonyl (C=O) groups excluding carboxylic acids is 1. The van der Waals surface area contributed by atoms with Crippen LogP contribution in [-0.4, -0.2) is 23.2 Å². The minimum absolute atomic E-state index is 0.255. The Morgan fingerprint density at radius 2 is 1.95 bits per heavy atom. The molecular formula is C16H21N3O3. The molecule has 0 aliphatic carbocycles. The van der Waals surface area contributed by atoms with Crippen LogP contribution >= 0.6 is 0 Å². The van der Waals surface area contributed by atoms with E-state index in [-0.39, 0.29) is 5.91 Å². The van der Waals surface area contributed by atoms with Crippen LogP contribution in [0.2, 0.25) is 0 Å². The largest absolute Gasteiger partial charge is 0.480 e. The van der Waals surface area contributed by atoms with Crippen LogP contribution in [-0.2, 0) is 5.54 Å². The van der Waals surface area contributed by atoms with Gasteiger partial charge < -0.3 is 14.6 Å². The molecule has 2 rings (SSSR count). The zero-order valence-corrected chi connectivity index (χ0v) is 13.8. The van der Waals surface area contributed by atoms with Crippen molar-refractivity contribution < 1.29 is 14.1 Å². The molecule has 0 saturated heterocycles. The summed E-state index contributed by atoms with van der Waals surface area (Å²) in [4.78, 5) is 16.8. The average Bonchev–Trinajstić information content (AvgIpc) is 2.77. The number of nitrogens with one attached hydrogen (secondary N) is 1. The maximum absolute atomic E-state index is 12.6. The third kappa shape index (κ3) is 2.95. The summed E-state index contributed by atoms with van der Waals surface area (Å²) in [7, 11) is 1.50. The average molecular weight is 303 g/mol. The summed E-state index contributed by atoms with van der Waals surface area (Å²) in [5, 5.41) is 6.94. The number of carbonyl (C=O) groups is 1. The molecule has 0 aliphatic heterocycles. The highest BCUT2D eigenvalue weighted by Crippen LogP contribution is 2.27. The first kappa shape index (κ1) is 16.0. The lowest BCUT2D eigenvalue weighted by molar-refractivity contribution is 0.0907. The van der Waals surface area contributed by atoms with Gasteiger partial charge in [-0.15, -0.1) is 0 Å². The van der Waals surface area contributed by atoms with Crippen molar-refractivity contribution in [2.45, 2.75) is 40.2 Å². The number of aryl methyl sites for hydroxylation is 3. The van der Waals surface area contributed by atoms with Crippen LogP contribution in [0.4, 0.5) is 0 Å².